The van der Waals surface area contributed by atoms with Crippen molar-refractivity contribution in [1.29, 1.82) is 0 Å². The molecule has 2 aromatic rings. The van der Waals surface area contributed by atoms with E-state index in [1.165, 1.54) is 11.5 Å². The summed E-state index contributed by atoms with van der Waals surface area (Å²) in [6.07, 6.45) is 0.916. The standard InChI is InChI=1S/C8H11N5S2/c1-5-7(15-13-10-5)8-12-11-6(14-8)3-4-9-2/h9H,3-4H2,1-2H3. The highest BCUT2D eigenvalue weighted by molar-refractivity contribution is 7.19. The Balaban J connectivity index is 2.17. The third-order valence-electron chi connectivity index (χ3n) is 1.90. The van der Waals surface area contributed by atoms with E-state index in [-0.39, 0.29) is 0 Å². The lowest BCUT2D eigenvalue weighted by Gasteiger charge is -1.91. The minimum atomic E-state index is 0.916. The SMILES string of the molecule is CNCCc1nnc(-c2snnc2C)s1. The van der Waals surface area contributed by atoms with Crippen LogP contribution in [0.15, 0.2) is 0 Å². The van der Waals surface area contributed by atoms with Crippen molar-refractivity contribution in [1.82, 2.24) is 25.1 Å². The van der Waals surface area contributed by atoms with E-state index in [0.29, 0.717) is 0 Å². The summed E-state index contributed by atoms with van der Waals surface area (Å²) >= 11 is 2.98. The Bertz CT molecular complexity index is 436. The molecule has 0 bridgehead atoms. The van der Waals surface area contributed by atoms with E-state index in [4.69, 9.17) is 0 Å². The number of rotatable bonds is 4. The fourth-order valence-corrected chi connectivity index (χ4v) is 2.71. The minimum absolute atomic E-state index is 0.916. The second kappa shape index (κ2) is 4.73. The Morgan fingerprint density at radius 1 is 1.27 bits per heavy atom. The van der Waals surface area contributed by atoms with Crippen molar-refractivity contribution in [2.75, 3.05) is 13.6 Å². The quantitative estimate of drug-likeness (QED) is 0.869. The Kier molecular flexibility index (Phi) is 3.34. The molecule has 7 heteroatoms. The van der Waals surface area contributed by atoms with Gasteiger partial charge in [-0.3, -0.25) is 0 Å². The van der Waals surface area contributed by atoms with Crippen LogP contribution in [0.4, 0.5) is 0 Å². The lowest BCUT2D eigenvalue weighted by Crippen LogP contribution is -2.09. The Morgan fingerprint density at radius 2 is 2.13 bits per heavy atom. The van der Waals surface area contributed by atoms with E-state index in [2.05, 4.69) is 25.1 Å². The van der Waals surface area contributed by atoms with Gasteiger partial charge in [-0.15, -0.1) is 15.3 Å². The van der Waals surface area contributed by atoms with Gasteiger partial charge in [-0.1, -0.05) is 15.8 Å². The smallest absolute Gasteiger partial charge is 0.161 e. The maximum absolute atomic E-state index is 4.14. The molecule has 2 rings (SSSR count). The number of hydrogen-bond acceptors (Lipinski definition) is 7. The highest BCUT2D eigenvalue weighted by Gasteiger charge is 2.11. The molecular weight excluding hydrogens is 230 g/mol. The lowest BCUT2D eigenvalue weighted by atomic mass is 10.4. The summed E-state index contributed by atoms with van der Waals surface area (Å²) in [4.78, 5) is 1.03. The first-order chi connectivity index (χ1) is 7.31. The molecule has 0 saturated heterocycles. The van der Waals surface area contributed by atoms with Gasteiger partial charge in [0.1, 0.15) is 9.88 Å². The van der Waals surface area contributed by atoms with Crippen molar-refractivity contribution in [3.05, 3.63) is 10.7 Å². The molecule has 2 heterocycles. The van der Waals surface area contributed by atoms with E-state index in [0.717, 1.165) is 33.6 Å². The van der Waals surface area contributed by atoms with Crippen molar-refractivity contribution in [3.8, 4) is 9.88 Å². The van der Waals surface area contributed by atoms with Crippen molar-refractivity contribution in [3.63, 3.8) is 0 Å². The number of aryl methyl sites for hydroxylation is 1. The topological polar surface area (TPSA) is 63.6 Å². The fraction of sp³-hybridized carbons (Fsp3) is 0.500. The van der Waals surface area contributed by atoms with Crippen LogP contribution in [0, 0.1) is 6.92 Å². The molecule has 0 spiro atoms. The number of nitrogens with one attached hydrogen (secondary N) is 1. The molecule has 0 aliphatic carbocycles. The summed E-state index contributed by atoms with van der Waals surface area (Å²) in [5.41, 5.74) is 0.927. The summed E-state index contributed by atoms with van der Waals surface area (Å²) in [6.45, 7) is 2.86. The number of nitrogens with zero attached hydrogens (tertiary/aromatic N) is 4. The number of likely N-dealkylation sites (N-methyl/N-ethyl adjacent to an activating group) is 1. The molecule has 5 nitrogen and oxygen atoms in total. The van der Waals surface area contributed by atoms with Crippen LogP contribution in [-0.2, 0) is 6.42 Å². The first-order valence-electron chi connectivity index (χ1n) is 4.57. The van der Waals surface area contributed by atoms with E-state index in [1.807, 2.05) is 14.0 Å². The molecule has 0 saturated carbocycles. The van der Waals surface area contributed by atoms with Crippen LogP contribution in [-0.4, -0.2) is 33.4 Å². The van der Waals surface area contributed by atoms with Gasteiger partial charge in [-0.05, 0) is 25.5 Å². The molecule has 0 atom stereocenters. The molecule has 1 N–H and O–H groups in total. The van der Waals surface area contributed by atoms with Gasteiger partial charge in [0, 0.05) is 13.0 Å². The predicted octanol–water partition coefficient (Wildman–Crippen LogP) is 1.13. The van der Waals surface area contributed by atoms with E-state index >= 15 is 0 Å². The summed E-state index contributed by atoms with van der Waals surface area (Å²) in [5, 5.41) is 17.3. The van der Waals surface area contributed by atoms with Gasteiger partial charge < -0.3 is 5.32 Å². The van der Waals surface area contributed by atoms with Crippen LogP contribution >= 0.6 is 22.9 Å². The molecule has 2 aromatic heterocycles. The zero-order valence-electron chi connectivity index (χ0n) is 8.52. The molecule has 15 heavy (non-hydrogen) atoms. The van der Waals surface area contributed by atoms with Gasteiger partial charge in [-0.25, -0.2) is 0 Å². The summed E-state index contributed by atoms with van der Waals surface area (Å²) in [6, 6.07) is 0. The Morgan fingerprint density at radius 3 is 2.80 bits per heavy atom. The first kappa shape index (κ1) is 10.6. The Labute approximate surface area is 95.7 Å². The van der Waals surface area contributed by atoms with Gasteiger partial charge in [0.25, 0.3) is 0 Å². The molecule has 0 radical (unpaired) electrons. The lowest BCUT2D eigenvalue weighted by molar-refractivity contribution is 0.779. The fourth-order valence-electron chi connectivity index (χ4n) is 1.11. The summed E-state index contributed by atoms with van der Waals surface area (Å²) in [5.74, 6) is 0. The van der Waals surface area contributed by atoms with Gasteiger partial charge in [0.05, 0.1) is 5.69 Å². The zero-order chi connectivity index (χ0) is 10.7. The third-order valence-corrected chi connectivity index (χ3v) is 3.87. The predicted molar refractivity (Wildman–Crippen MR) is 61.2 cm³/mol. The normalized spacial score (nSPS) is 10.8. The van der Waals surface area contributed by atoms with Gasteiger partial charge >= 0.3 is 0 Å². The monoisotopic (exact) mass is 241 g/mol. The van der Waals surface area contributed by atoms with E-state index in [1.54, 1.807) is 11.3 Å². The van der Waals surface area contributed by atoms with Crippen LogP contribution in [0.25, 0.3) is 9.88 Å². The summed E-state index contributed by atoms with van der Waals surface area (Å²) in [7, 11) is 1.93. The van der Waals surface area contributed by atoms with Crippen LogP contribution in [0.3, 0.4) is 0 Å². The number of hydrogen-bond donors (Lipinski definition) is 1. The average Bonchev–Trinajstić information content (AvgIpc) is 2.83. The van der Waals surface area contributed by atoms with Crippen LogP contribution < -0.4 is 5.32 Å². The van der Waals surface area contributed by atoms with Crippen LogP contribution in [0.2, 0.25) is 0 Å². The highest BCUT2D eigenvalue weighted by atomic mass is 32.1. The van der Waals surface area contributed by atoms with E-state index in [9.17, 15) is 0 Å². The number of aromatic nitrogens is 4. The van der Waals surface area contributed by atoms with E-state index < -0.39 is 0 Å². The maximum Gasteiger partial charge on any atom is 0.161 e. The van der Waals surface area contributed by atoms with Crippen molar-refractivity contribution >= 4 is 22.9 Å². The zero-order valence-corrected chi connectivity index (χ0v) is 10.2. The first-order valence-corrected chi connectivity index (χ1v) is 6.16. The Hall–Kier alpha value is -0.920. The van der Waals surface area contributed by atoms with Crippen LogP contribution in [0.5, 0.6) is 0 Å². The van der Waals surface area contributed by atoms with Gasteiger partial charge in [0.2, 0.25) is 0 Å². The molecule has 0 unspecified atom stereocenters. The van der Waals surface area contributed by atoms with Gasteiger partial charge in [0.15, 0.2) is 5.01 Å². The van der Waals surface area contributed by atoms with Crippen molar-refractivity contribution < 1.29 is 0 Å². The summed E-state index contributed by atoms with van der Waals surface area (Å²) < 4.78 is 3.89. The molecule has 0 fully saturated rings. The molecule has 0 aliphatic heterocycles. The van der Waals surface area contributed by atoms with Crippen LogP contribution in [0.1, 0.15) is 10.7 Å². The van der Waals surface area contributed by atoms with Crippen molar-refractivity contribution in [2.24, 2.45) is 0 Å². The molecule has 0 aromatic carbocycles. The highest BCUT2D eigenvalue weighted by Crippen LogP contribution is 2.28. The molecule has 0 amide bonds. The molecule has 80 valence electrons. The second-order valence-corrected chi connectivity index (χ2v) is 4.86. The largest absolute Gasteiger partial charge is 0.319 e. The van der Waals surface area contributed by atoms with Gasteiger partial charge in [-0.2, -0.15) is 0 Å². The third kappa shape index (κ3) is 2.36. The van der Waals surface area contributed by atoms with Crippen molar-refractivity contribution in [2.45, 2.75) is 13.3 Å². The maximum atomic E-state index is 4.14. The molecule has 0 aliphatic rings. The average molecular weight is 241 g/mol. The second-order valence-electron chi connectivity index (χ2n) is 3.04. The minimum Gasteiger partial charge on any atom is -0.319 e. The molecular formula is C8H11N5S2.